The van der Waals surface area contributed by atoms with E-state index in [0.717, 1.165) is 0 Å². The third-order valence-corrected chi connectivity index (χ3v) is 2.77. The molecule has 0 rings (SSSR count). The molecule has 0 aromatic rings. The number of hydrogen-bond donors (Lipinski definition) is 1. The van der Waals surface area contributed by atoms with E-state index in [0.29, 0.717) is 12.5 Å². The van der Waals surface area contributed by atoms with E-state index < -0.39 is 33.0 Å². The van der Waals surface area contributed by atoms with Crippen molar-refractivity contribution in [2.75, 3.05) is 6.61 Å². The Morgan fingerprint density at radius 1 is 0.739 bits per heavy atom. The van der Waals surface area contributed by atoms with Crippen molar-refractivity contribution in [1.82, 2.24) is 0 Å². The van der Waals surface area contributed by atoms with Gasteiger partial charge in [-0.1, -0.05) is 13.8 Å². The molecule has 0 radical (unpaired) electrons. The Kier molecular flexibility index (Phi) is 66.9. The smallest absolute Gasteiger partial charge is 0.563 e. The molecule has 0 saturated carbocycles. The van der Waals surface area contributed by atoms with Gasteiger partial charge in [0.1, 0.15) is 8.62 Å². The molecule has 0 heterocycles. The van der Waals surface area contributed by atoms with E-state index in [-0.39, 0.29) is 118 Å². The molecule has 0 aliphatic carbocycles. The minimum Gasteiger partial charge on any atom is -0.563 e. The fourth-order valence-corrected chi connectivity index (χ4v) is 0.980. The van der Waals surface area contributed by atoms with Crippen molar-refractivity contribution in [2.45, 2.75) is 13.8 Å². The fraction of sp³-hybridized carbons (Fsp3) is 1.00. The minimum atomic E-state index is -3.24. The summed E-state index contributed by atoms with van der Waals surface area (Å²) >= 11 is 0. The second-order valence-electron chi connectivity index (χ2n) is 2.63. The largest absolute Gasteiger partial charge is 1.00 e. The molecule has 0 amide bonds. The zero-order valence-electron chi connectivity index (χ0n) is 13.6. The summed E-state index contributed by atoms with van der Waals surface area (Å²) in [5, 5.41) is 8.14. The Hall–Kier alpha value is 4.12. The summed E-state index contributed by atoms with van der Waals surface area (Å²) < 4.78 is 43.3. The molecule has 4 unspecified atom stereocenters. The van der Waals surface area contributed by atoms with Crippen LogP contribution in [0.3, 0.4) is 0 Å². The van der Waals surface area contributed by atoms with Gasteiger partial charge in [0, 0.05) is 6.61 Å². The van der Waals surface area contributed by atoms with Crippen LogP contribution in [0.25, 0.3) is 0 Å². The summed E-state index contributed by atoms with van der Waals surface area (Å²) in [7, 11) is -12.9. The van der Waals surface area contributed by atoms with Crippen LogP contribution in [0.4, 0.5) is 0 Å². The van der Waals surface area contributed by atoms with Crippen LogP contribution in [0.15, 0.2) is 0 Å². The van der Waals surface area contributed by atoms with Crippen LogP contribution in [-0.2, 0) is 26.9 Å². The Bertz CT molecular complexity index is 268. The molecule has 23 heavy (non-hydrogen) atoms. The van der Waals surface area contributed by atoms with Crippen molar-refractivity contribution >= 4 is 33.0 Å². The topological polar surface area (TPSA) is 199 Å². The molecule has 0 spiro atoms. The second-order valence-corrected chi connectivity index (χ2v) is 5.73. The predicted molar refractivity (Wildman–Crippen MR) is 54.5 cm³/mol. The molecule has 0 bridgehead atoms. The summed E-state index contributed by atoms with van der Waals surface area (Å²) in [5.74, 6) is 0.440. The van der Waals surface area contributed by atoms with Crippen LogP contribution < -0.4 is 138 Å². The molecular weight excluding hydrogens is 440 g/mol. The average Bonchev–Trinajstić information content (AvgIpc) is 2.14. The van der Waals surface area contributed by atoms with Crippen LogP contribution in [0.5, 0.6) is 0 Å². The first kappa shape index (κ1) is 45.7. The molecule has 112 valence electrons. The summed E-state index contributed by atoms with van der Waals surface area (Å²) in [6.07, 6.45) is 0. The van der Waals surface area contributed by atoms with Gasteiger partial charge in [-0.3, -0.25) is 0 Å². The van der Waals surface area contributed by atoms with E-state index in [1.54, 1.807) is 0 Å². The van der Waals surface area contributed by atoms with Gasteiger partial charge in [0.15, 0.2) is 0 Å². The molecule has 19 heteroatoms. The molecule has 1 N–H and O–H groups in total. The Balaban J connectivity index is -0.0000000311. The molecule has 0 saturated heterocycles. The van der Waals surface area contributed by atoms with E-state index in [9.17, 15) is 37.8 Å². The van der Waals surface area contributed by atoms with E-state index in [1.807, 2.05) is 13.8 Å². The molecule has 0 aromatic carbocycles. The number of rotatable bonds is 5. The van der Waals surface area contributed by atoms with E-state index in [1.165, 1.54) is 0 Å². The minimum absolute atomic E-state index is 0. The van der Waals surface area contributed by atoms with Crippen molar-refractivity contribution in [1.29, 1.82) is 0 Å². The van der Waals surface area contributed by atoms with Crippen LogP contribution in [0, 0.1) is 5.92 Å². The van der Waals surface area contributed by atoms with Gasteiger partial charge in [0.25, 0.3) is 0 Å². The van der Waals surface area contributed by atoms with Crippen LogP contribution in [0.1, 0.15) is 13.8 Å². The summed E-state index contributed by atoms with van der Waals surface area (Å²) in [6.45, 7) is 4.25. The molecule has 0 aliphatic rings. The van der Waals surface area contributed by atoms with E-state index in [2.05, 4.69) is 8.62 Å². The van der Waals surface area contributed by atoms with Crippen LogP contribution >= 0.6 is 33.0 Å². The SMILES string of the molecule is CC(C)CO.O=[P+]([O-])O[P+](=O)[O-].O=[P+]([O-])O[P+](=O)[O-].[Na+].[Na+].[Na+].[Na+]. The van der Waals surface area contributed by atoms with Crippen molar-refractivity contribution in [3.8, 4) is 0 Å². The maximum absolute atomic E-state index is 9.24. The van der Waals surface area contributed by atoms with Crippen molar-refractivity contribution in [2.24, 2.45) is 5.92 Å². The van der Waals surface area contributed by atoms with Gasteiger partial charge in [-0.05, 0) is 24.2 Å². The number of aliphatic hydroxyl groups is 1. The molecule has 0 fully saturated rings. The maximum Gasteiger partial charge on any atom is 1.00 e. The first-order valence-corrected chi connectivity index (χ1v) is 8.45. The maximum atomic E-state index is 9.24. The molecule has 11 nitrogen and oxygen atoms in total. The third-order valence-electron chi connectivity index (χ3n) is 0.632. The third kappa shape index (κ3) is 76.2. The molecule has 4 atom stereocenters. The Labute approximate surface area is 225 Å². The monoisotopic (exact) mass is 450 g/mol. The van der Waals surface area contributed by atoms with Gasteiger partial charge in [-0.15, -0.1) is 0 Å². The normalized spacial score (nSPS) is 10.3. The summed E-state index contributed by atoms with van der Waals surface area (Å²) in [4.78, 5) is 37.0. The fourth-order valence-electron chi connectivity index (χ4n) is 0.109. The quantitative estimate of drug-likeness (QED) is 0.308. The van der Waals surface area contributed by atoms with Crippen molar-refractivity contribution in [3.05, 3.63) is 0 Å². The molecular formula is C4H10Na4O11P4+4. The van der Waals surface area contributed by atoms with Crippen LogP contribution in [-0.4, -0.2) is 11.7 Å². The zero-order chi connectivity index (χ0) is 16.0. The summed E-state index contributed by atoms with van der Waals surface area (Å²) in [5.41, 5.74) is 0. The van der Waals surface area contributed by atoms with Gasteiger partial charge in [0.05, 0.1) is 0 Å². The number of hydrogen-bond acceptors (Lipinski definition) is 11. The van der Waals surface area contributed by atoms with Gasteiger partial charge in [0.2, 0.25) is 0 Å². The summed E-state index contributed by atoms with van der Waals surface area (Å²) in [6, 6.07) is 0. The van der Waals surface area contributed by atoms with Crippen molar-refractivity contribution in [3.63, 3.8) is 0 Å². The first-order chi connectivity index (χ1) is 8.52. The zero-order valence-corrected chi connectivity index (χ0v) is 25.2. The first-order valence-electron chi connectivity index (χ1n) is 4.07. The Morgan fingerprint density at radius 2 is 0.870 bits per heavy atom. The van der Waals surface area contributed by atoms with E-state index in [4.69, 9.17) is 5.11 Å². The van der Waals surface area contributed by atoms with Crippen LogP contribution in [0.2, 0.25) is 0 Å². The Morgan fingerprint density at radius 3 is 0.870 bits per heavy atom. The van der Waals surface area contributed by atoms with Gasteiger partial charge >= 0.3 is 151 Å². The van der Waals surface area contributed by atoms with E-state index >= 15 is 0 Å². The average molecular weight is 450 g/mol. The standard InChI is InChI=1S/C4H10O.4Na.2O5P2/c1-4(2)3-5;;;;;2*1-6(2)5-7(3)4/h4-5H,3H2,1-2H3;;;;;;/q;4*+1;;. The van der Waals surface area contributed by atoms with Crippen molar-refractivity contribution < 1.29 is 170 Å². The second kappa shape index (κ2) is 33.7. The van der Waals surface area contributed by atoms with Gasteiger partial charge in [-0.2, -0.15) is 0 Å². The number of aliphatic hydroxyl groups excluding tert-OH is 1. The van der Waals surface area contributed by atoms with Gasteiger partial charge in [-0.25, -0.2) is 0 Å². The molecule has 0 aromatic heterocycles. The molecule has 0 aliphatic heterocycles. The van der Waals surface area contributed by atoms with Gasteiger partial charge < -0.3 is 24.7 Å². The predicted octanol–water partition coefficient (Wildman–Crippen LogP) is -13.3.